The highest BCUT2D eigenvalue weighted by atomic mass is 32.2. The zero-order valence-electron chi connectivity index (χ0n) is 6.77. The lowest BCUT2D eigenvalue weighted by Crippen LogP contribution is -2.22. The third-order valence-electron chi connectivity index (χ3n) is 2.13. The third-order valence-corrected chi connectivity index (χ3v) is 3.85. The molecule has 1 aliphatic heterocycles. The Kier molecular flexibility index (Phi) is 1.92. The number of hydrogen-bond acceptors (Lipinski definition) is 2. The second-order valence-electron chi connectivity index (χ2n) is 2.94. The molecule has 0 spiro atoms. The Bertz CT molecular complexity index is 386. The van der Waals surface area contributed by atoms with Crippen LogP contribution in [0.25, 0.3) is 0 Å². The molecule has 2 rings (SSSR count). The Hall–Kier alpha value is -1.16. The summed E-state index contributed by atoms with van der Waals surface area (Å²) in [6.07, 6.45) is 0.387. The van der Waals surface area contributed by atoms with Crippen LogP contribution in [0.5, 0.6) is 0 Å². The lowest BCUT2D eigenvalue weighted by atomic mass is 10.1. The molecule has 0 saturated carbocycles. The van der Waals surface area contributed by atoms with E-state index in [9.17, 15) is 9.00 Å². The van der Waals surface area contributed by atoms with E-state index in [0.717, 1.165) is 5.56 Å². The molecule has 0 fully saturated rings. The number of benzene rings is 1. The van der Waals surface area contributed by atoms with Gasteiger partial charge in [0.25, 0.3) is 0 Å². The van der Waals surface area contributed by atoms with Crippen LogP contribution in [0.2, 0.25) is 0 Å². The molecule has 0 saturated heterocycles. The Labute approximate surface area is 77.9 Å². The van der Waals surface area contributed by atoms with Gasteiger partial charge in [0.05, 0.1) is 10.8 Å². The van der Waals surface area contributed by atoms with Crippen molar-refractivity contribution in [3.05, 3.63) is 29.8 Å². The highest BCUT2D eigenvalue weighted by Crippen LogP contribution is 2.27. The van der Waals surface area contributed by atoms with E-state index in [4.69, 9.17) is 5.11 Å². The van der Waals surface area contributed by atoms with Crippen molar-refractivity contribution in [2.24, 2.45) is 0 Å². The molecule has 3 nitrogen and oxygen atoms in total. The fourth-order valence-electron chi connectivity index (χ4n) is 1.48. The summed E-state index contributed by atoms with van der Waals surface area (Å²) < 4.78 is 11.6. The maximum Gasteiger partial charge on any atom is 0.320 e. The summed E-state index contributed by atoms with van der Waals surface area (Å²) in [5.41, 5.74) is 0.897. The van der Waals surface area contributed by atoms with E-state index in [1.807, 2.05) is 12.1 Å². The van der Waals surface area contributed by atoms with Crippen molar-refractivity contribution >= 4 is 16.8 Å². The zero-order valence-corrected chi connectivity index (χ0v) is 7.58. The van der Waals surface area contributed by atoms with E-state index in [2.05, 4.69) is 0 Å². The topological polar surface area (TPSA) is 54.4 Å². The van der Waals surface area contributed by atoms with E-state index in [-0.39, 0.29) is 0 Å². The Balaban J connectivity index is 2.44. The minimum absolute atomic E-state index is 0.387. The molecule has 0 radical (unpaired) electrons. The minimum Gasteiger partial charge on any atom is -0.480 e. The third kappa shape index (κ3) is 1.27. The first-order valence-electron chi connectivity index (χ1n) is 3.91. The van der Waals surface area contributed by atoms with Gasteiger partial charge in [-0.2, -0.15) is 0 Å². The Morgan fingerprint density at radius 1 is 1.46 bits per heavy atom. The first-order valence-corrected chi connectivity index (χ1v) is 5.13. The quantitative estimate of drug-likeness (QED) is 0.723. The van der Waals surface area contributed by atoms with Gasteiger partial charge in [0, 0.05) is 4.90 Å². The summed E-state index contributed by atoms with van der Waals surface area (Å²) in [5, 5.41) is 8.01. The highest BCUT2D eigenvalue weighted by Gasteiger charge is 2.34. The number of fused-ring (bicyclic) bond motifs is 1. The average molecular weight is 196 g/mol. The second kappa shape index (κ2) is 2.96. The smallest absolute Gasteiger partial charge is 0.320 e. The van der Waals surface area contributed by atoms with Gasteiger partial charge in [0.1, 0.15) is 5.25 Å². The van der Waals surface area contributed by atoms with Gasteiger partial charge in [-0.05, 0) is 18.1 Å². The van der Waals surface area contributed by atoms with E-state index in [1.54, 1.807) is 12.1 Å². The predicted octanol–water partition coefficient (Wildman–Crippen LogP) is 0.804. The molecule has 0 amide bonds. The van der Waals surface area contributed by atoms with Crippen LogP contribution >= 0.6 is 0 Å². The molecule has 1 aliphatic rings. The van der Waals surface area contributed by atoms with E-state index >= 15 is 0 Å². The maximum atomic E-state index is 11.6. The summed E-state index contributed by atoms with van der Waals surface area (Å²) in [5.74, 6) is -0.977. The molecule has 0 unspecified atom stereocenters. The van der Waals surface area contributed by atoms with Crippen molar-refractivity contribution in [3.8, 4) is 0 Å². The van der Waals surface area contributed by atoms with Crippen LogP contribution in [0.3, 0.4) is 0 Å². The van der Waals surface area contributed by atoms with Crippen LogP contribution in [0, 0.1) is 0 Å². The van der Waals surface area contributed by atoms with Gasteiger partial charge in [-0.3, -0.25) is 9.00 Å². The fourth-order valence-corrected chi connectivity index (χ4v) is 2.92. The number of rotatable bonds is 1. The van der Waals surface area contributed by atoms with Gasteiger partial charge >= 0.3 is 5.97 Å². The molecule has 68 valence electrons. The van der Waals surface area contributed by atoms with Gasteiger partial charge in [0.15, 0.2) is 0 Å². The van der Waals surface area contributed by atoms with Crippen LogP contribution in [-0.2, 0) is 22.0 Å². The van der Waals surface area contributed by atoms with Crippen LogP contribution in [0.15, 0.2) is 29.2 Å². The molecule has 1 heterocycles. The number of carbonyl (C=O) groups is 1. The largest absolute Gasteiger partial charge is 0.480 e. The molecule has 0 bridgehead atoms. The zero-order chi connectivity index (χ0) is 9.42. The van der Waals surface area contributed by atoms with Crippen molar-refractivity contribution < 1.29 is 14.1 Å². The molecule has 1 aromatic carbocycles. The first kappa shape index (κ1) is 8.44. The summed E-state index contributed by atoms with van der Waals surface area (Å²) >= 11 is 0. The molecular weight excluding hydrogens is 188 g/mol. The van der Waals surface area contributed by atoms with Crippen molar-refractivity contribution in [2.75, 3.05) is 0 Å². The molecule has 1 N–H and O–H groups in total. The van der Waals surface area contributed by atoms with Crippen LogP contribution in [0.4, 0.5) is 0 Å². The van der Waals surface area contributed by atoms with Crippen molar-refractivity contribution in [1.29, 1.82) is 0 Å². The SMILES string of the molecule is O=C(O)[C@@H]1Cc2ccccc2[S@@]1=O. The van der Waals surface area contributed by atoms with Crippen LogP contribution in [-0.4, -0.2) is 20.5 Å². The first-order chi connectivity index (χ1) is 6.20. The molecule has 1 aromatic rings. The molecule has 0 aliphatic carbocycles. The summed E-state index contributed by atoms with van der Waals surface area (Å²) in [6, 6.07) is 7.17. The Morgan fingerprint density at radius 2 is 2.15 bits per heavy atom. The number of carboxylic acids is 1. The van der Waals surface area contributed by atoms with Crippen molar-refractivity contribution in [2.45, 2.75) is 16.6 Å². The lowest BCUT2D eigenvalue weighted by molar-refractivity contribution is -0.136. The van der Waals surface area contributed by atoms with E-state index < -0.39 is 22.0 Å². The monoisotopic (exact) mass is 196 g/mol. The molecular formula is C9H8O3S. The average Bonchev–Trinajstić information content (AvgIpc) is 2.45. The normalized spacial score (nSPS) is 25.5. The molecule has 4 heteroatoms. The fraction of sp³-hybridized carbons (Fsp3) is 0.222. The van der Waals surface area contributed by atoms with E-state index in [0.29, 0.717) is 11.3 Å². The van der Waals surface area contributed by atoms with Crippen LogP contribution in [0.1, 0.15) is 5.56 Å². The minimum atomic E-state index is -1.37. The van der Waals surface area contributed by atoms with E-state index in [1.165, 1.54) is 0 Å². The summed E-state index contributed by atoms with van der Waals surface area (Å²) in [7, 11) is -1.37. The van der Waals surface area contributed by atoms with Gasteiger partial charge in [-0.15, -0.1) is 0 Å². The molecule has 2 atom stereocenters. The second-order valence-corrected chi connectivity index (χ2v) is 4.54. The Morgan fingerprint density at radius 3 is 2.77 bits per heavy atom. The van der Waals surface area contributed by atoms with Crippen LogP contribution < -0.4 is 0 Å². The van der Waals surface area contributed by atoms with Gasteiger partial charge in [-0.1, -0.05) is 18.2 Å². The molecule has 0 aromatic heterocycles. The molecule has 13 heavy (non-hydrogen) atoms. The number of hydrogen-bond donors (Lipinski definition) is 1. The van der Waals surface area contributed by atoms with Crippen molar-refractivity contribution in [3.63, 3.8) is 0 Å². The van der Waals surface area contributed by atoms with Crippen molar-refractivity contribution in [1.82, 2.24) is 0 Å². The predicted molar refractivity (Wildman–Crippen MR) is 48.0 cm³/mol. The highest BCUT2D eigenvalue weighted by molar-refractivity contribution is 7.86. The summed E-state index contributed by atoms with van der Waals surface area (Å²) in [6.45, 7) is 0. The number of aliphatic carboxylic acids is 1. The van der Waals surface area contributed by atoms with Gasteiger partial charge in [-0.25, -0.2) is 0 Å². The maximum absolute atomic E-state index is 11.6. The standard InChI is InChI=1S/C9H8O3S/c10-9(11)8-5-6-3-1-2-4-7(6)13(8)12/h1-4,8H,5H2,(H,10,11)/t8-,13-/m0/s1. The summed E-state index contributed by atoms with van der Waals surface area (Å²) in [4.78, 5) is 11.4. The lowest BCUT2D eigenvalue weighted by Gasteiger charge is -1.98. The van der Waals surface area contributed by atoms with Gasteiger partial charge in [0.2, 0.25) is 0 Å². The number of carboxylic acid groups (broad SMARTS) is 1. The van der Waals surface area contributed by atoms with Gasteiger partial charge < -0.3 is 5.11 Å².